The monoisotopic (exact) mass is 124 g/mol. The van der Waals surface area contributed by atoms with E-state index in [2.05, 4.69) is 17.8 Å². The summed E-state index contributed by atoms with van der Waals surface area (Å²) in [6.45, 7) is -0.0690. The third kappa shape index (κ3) is 4.90. The van der Waals surface area contributed by atoms with E-state index < -0.39 is 6.10 Å². The number of aliphatic hydroxyl groups is 2. The highest BCUT2D eigenvalue weighted by atomic mass is 16.3. The van der Waals surface area contributed by atoms with Crippen LogP contribution in [0.4, 0.5) is 0 Å². The van der Waals surface area contributed by atoms with Gasteiger partial charge in [-0.2, -0.15) is 0 Å². The van der Waals surface area contributed by atoms with E-state index in [9.17, 15) is 0 Å². The smallest absolute Gasteiger partial charge is 0.117 e. The van der Waals surface area contributed by atoms with Gasteiger partial charge in [0.2, 0.25) is 0 Å². The molecule has 0 amide bonds. The quantitative estimate of drug-likeness (QED) is 0.481. The fourth-order valence-electron chi connectivity index (χ4n) is 0.319. The van der Waals surface area contributed by atoms with Gasteiger partial charge in [0.1, 0.15) is 6.10 Å². The van der Waals surface area contributed by atoms with Crippen LogP contribution in [0.25, 0.3) is 0 Å². The maximum absolute atomic E-state index is 8.75. The molecule has 9 heavy (non-hydrogen) atoms. The van der Waals surface area contributed by atoms with Gasteiger partial charge in [0, 0.05) is 13.0 Å². The van der Waals surface area contributed by atoms with E-state index in [1.54, 1.807) is 0 Å². The fourth-order valence-corrected chi connectivity index (χ4v) is 0.319. The SMILES string of the molecule is C#CC#CC(O)CCO. The Morgan fingerprint density at radius 3 is 2.67 bits per heavy atom. The van der Waals surface area contributed by atoms with Crippen LogP contribution in [-0.4, -0.2) is 22.9 Å². The molecular formula is C7H8O2. The third-order valence-corrected chi connectivity index (χ3v) is 0.713. The number of terminal acetylenes is 1. The van der Waals surface area contributed by atoms with Crippen LogP contribution in [0, 0.1) is 24.2 Å². The van der Waals surface area contributed by atoms with Crippen molar-refractivity contribution in [3.63, 3.8) is 0 Å². The largest absolute Gasteiger partial charge is 0.396 e. The molecule has 0 aromatic rings. The molecule has 0 aromatic heterocycles. The lowest BCUT2D eigenvalue weighted by molar-refractivity contribution is 0.177. The summed E-state index contributed by atoms with van der Waals surface area (Å²) in [5.74, 6) is 6.65. The van der Waals surface area contributed by atoms with Crippen molar-refractivity contribution in [2.75, 3.05) is 6.61 Å². The normalized spacial score (nSPS) is 10.8. The number of rotatable bonds is 2. The van der Waals surface area contributed by atoms with Crippen LogP contribution >= 0.6 is 0 Å². The Bertz CT molecular complexity index is 156. The summed E-state index contributed by atoms with van der Waals surface area (Å²) >= 11 is 0. The van der Waals surface area contributed by atoms with E-state index in [0.717, 1.165) is 0 Å². The van der Waals surface area contributed by atoms with E-state index in [4.69, 9.17) is 16.6 Å². The molecule has 0 heterocycles. The van der Waals surface area contributed by atoms with Crippen molar-refractivity contribution >= 4 is 0 Å². The Kier molecular flexibility index (Phi) is 4.63. The second-order valence-electron chi connectivity index (χ2n) is 1.44. The Morgan fingerprint density at radius 2 is 2.22 bits per heavy atom. The second-order valence-corrected chi connectivity index (χ2v) is 1.44. The van der Waals surface area contributed by atoms with Crippen molar-refractivity contribution in [2.24, 2.45) is 0 Å². The molecule has 0 bridgehead atoms. The van der Waals surface area contributed by atoms with Crippen LogP contribution in [0.2, 0.25) is 0 Å². The van der Waals surface area contributed by atoms with Crippen LogP contribution in [-0.2, 0) is 0 Å². The molecule has 0 aromatic carbocycles. The molecule has 0 radical (unpaired) electrons. The van der Waals surface area contributed by atoms with Crippen molar-refractivity contribution in [1.29, 1.82) is 0 Å². The van der Waals surface area contributed by atoms with Crippen LogP contribution in [0.1, 0.15) is 6.42 Å². The lowest BCUT2D eigenvalue weighted by Crippen LogP contribution is -2.04. The molecule has 1 unspecified atom stereocenters. The number of aliphatic hydroxyl groups excluding tert-OH is 2. The zero-order valence-corrected chi connectivity index (χ0v) is 4.96. The molecule has 1 atom stereocenters. The van der Waals surface area contributed by atoms with Gasteiger partial charge in [-0.1, -0.05) is 5.92 Å². The lowest BCUT2D eigenvalue weighted by Gasteiger charge is -1.95. The molecule has 0 aliphatic carbocycles. The standard InChI is InChI=1S/C7H8O2/c1-2-3-4-7(9)5-6-8/h1,7-9H,5-6H2. The zero-order valence-electron chi connectivity index (χ0n) is 4.96. The van der Waals surface area contributed by atoms with Crippen molar-refractivity contribution in [1.82, 2.24) is 0 Å². The van der Waals surface area contributed by atoms with Gasteiger partial charge in [0.05, 0.1) is 0 Å². The minimum absolute atomic E-state index is 0.0690. The second kappa shape index (κ2) is 5.18. The summed E-state index contributed by atoms with van der Waals surface area (Å²) in [6, 6.07) is 0. The topological polar surface area (TPSA) is 40.5 Å². The van der Waals surface area contributed by atoms with Gasteiger partial charge in [-0.15, -0.1) is 6.42 Å². The highest BCUT2D eigenvalue weighted by molar-refractivity contribution is 5.23. The van der Waals surface area contributed by atoms with Gasteiger partial charge < -0.3 is 10.2 Å². The van der Waals surface area contributed by atoms with Crippen molar-refractivity contribution in [2.45, 2.75) is 12.5 Å². The average molecular weight is 124 g/mol. The first-order valence-corrected chi connectivity index (χ1v) is 2.56. The van der Waals surface area contributed by atoms with Gasteiger partial charge in [0.15, 0.2) is 0 Å². The average Bonchev–Trinajstić information content (AvgIpc) is 1.85. The van der Waals surface area contributed by atoms with E-state index in [1.165, 1.54) is 0 Å². The number of hydrogen-bond donors (Lipinski definition) is 2. The maximum atomic E-state index is 8.75. The summed E-state index contributed by atoms with van der Waals surface area (Å²) < 4.78 is 0. The lowest BCUT2D eigenvalue weighted by atomic mass is 10.3. The molecule has 0 aliphatic rings. The summed E-state index contributed by atoms with van der Waals surface area (Å²) in [4.78, 5) is 0. The van der Waals surface area contributed by atoms with Gasteiger partial charge in [-0.3, -0.25) is 0 Å². The maximum Gasteiger partial charge on any atom is 0.117 e. The van der Waals surface area contributed by atoms with Gasteiger partial charge in [0.25, 0.3) is 0 Å². The minimum Gasteiger partial charge on any atom is -0.396 e. The Labute approximate surface area is 54.5 Å². The van der Waals surface area contributed by atoms with E-state index in [-0.39, 0.29) is 13.0 Å². The Hall–Kier alpha value is -0.960. The summed E-state index contributed by atoms with van der Waals surface area (Å²) in [5, 5.41) is 17.0. The van der Waals surface area contributed by atoms with Gasteiger partial charge >= 0.3 is 0 Å². The minimum atomic E-state index is -0.786. The summed E-state index contributed by atoms with van der Waals surface area (Å²) in [6.07, 6.45) is 4.25. The first-order valence-electron chi connectivity index (χ1n) is 2.56. The molecule has 0 fully saturated rings. The fraction of sp³-hybridized carbons (Fsp3) is 0.429. The Balaban J connectivity index is 3.51. The van der Waals surface area contributed by atoms with Gasteiger partial charge in [-0.05, 0) is 11.8 Å². The molecule has 2 N–H and O–H groups in total. The van der Waals surface area contributed by atoms with Crippen molar-refractivity contribution in [3.05, 3.63) is 0 Å². The van der Waals surface area contributed by atoms with Crippen LogP contribution < -0.4 is 0 Å². The molecule has 2 heteroatoms. The summed E-state index contributed by atoms with van der Waals surface area (Å²) in [7, 11) is 0. The Morgan fingerprint density at radius 1 is 1.56 bits per heavy atom. The predicted octanol–water partition coefficient (Wildman–Crippen LogP) is -0.634. The number of hydrogen-bond acceptors (Lipinski definition) is 2. The molecule has 2 nitrogen and oxygen atoms in total. The van der Waals surface area contributed by atoms with Gasteiger partial charge in [-0.25, -0.2) is 0 Å². The molecule has 0 spiro atoms. The molecule has 0 saturated heterocycles. The van der Waals surface area contributed by atoms with E-state index in [1.807, 2.05) is 0 Å². The molecule has 0 rings (SSSR count). The zero-order chi connectivity index (χ0) is 7.11. The van der Waals surface area contributed by atoms with Crippen molar-refractivity contribution in [3.8, 4) is 24.2 Å². The predicted molar refractivity (Wildman–Crippen MR) is 34.3 cm³/mol. The van der Waals surface area contributed by atoms with E-state index >= 15 is 0 Å². The highest BCUT2D eigenvalue weighted by Crippen LogP contribution is 1.85. The van der Waals surface area contributed by atoms with Crippen LogP contribution in [0.5, 0.6) is 0 Å². The molecule has 0 aliphatic heterocycles. The van der Waals surface area contributed by atoms with Crippen LogP contribution in [0.3, 0.4) is 0 Å². The first kappa shape index (κ1) is 8.04. The first-order chi connectivity index (χ1) is 4.31. The van der Waals surface area contributed by atoms with E-state index in [0.29, 0.717) is 0 Å². The molecule has 48 valence electrons. The highest BCUT2D eigenvalue weighted by Gasteiger charge is 1.93. The molecular weight excluding hydrogens is 116 g/mol. The molecule has 0 saturated carbocycles. The summed E-state index contributed by atoms with van der Waals surface area (Å²) in [5.41, 5.74) is 0. The third-order valence-electron chi connectivity index (χ3n) is 0.713. The van der Waals surface area contributed by atoms with Crippen LogP contribution in [0.15, 0.2) is 0 Å². The van der Waals surface area contributed by atoms with Crippen molar-refractivity contribution < 1.29 is 10.2 Å².